The number of hydrogen-bond acceptors (Lipinski definition) is 2. The van der Waals surface area contributed by atoms with Gasteiger partial charge in [0.15, 0.2) is 5.96 Å². The second-order valence-corrected chi connectivity index (χ2v) is 6.50. The van der Waals surface area contributed by atoms with E-state index in [0.717, 1.165) is 18.4 Å². The van der Waals surface area contributed by atoms with E-state index in [1.807, 2.05) is 7.05 Å². The van der Waals surface area contributed by atoms with E-state index >= 15 is 0 Å². The summed E-state index contributed by atoms with van der Waals surface area (Å²) in [6, 6.07) is 0.643. The van der Waals surface area contributed by atoms with Crippen molar-refractivity contribution in [1.82, 2.24) is 15.5 Å². The van der Waals surface area contributed by atoms with Crippen LogP contribution in [0.4, 0.5) is 0 Å². The summed E-state index contributed by atoms with van der Waals surface area (Å²) in [6.07, 6.45) is 9.28. The van der Waals surface area contributed by atoms with E-state index in [1.54, 1.807) is 0 Å². The van der Waals surface area contributed by atoms with Gasteiger partial charge in [0.2, 0.25) is 0 Å². The van der Waals surface area contributed by atoms with Crippen molar-refractivity contribution in [2.45, 2.75) is 57.9 Å². The molecule has 2 N–H and O–H groups in total. The maximum absolute atomic E-state index is 4.33. The molecule has 1 aliphatic carbocycles. The minimum Gasteiger partial charge on any atom is -0.356 e. The molecule has 0 atom stereocenters. The van der Waals surface area contributed by atoms with E-state index in [1.165, 1.54) is 64.6 Å². The summed E-state index contributed by atoms with van der Waals surface area (Å²) in [5.41, 5.74) is 0. The molecule has 4 nitrogen and oxygen atoms in total. The lowest BCUT2D eigenvalue weighted by atomic mass is 9.99. The molecule has 0 amide bonds. The van der Waals surface area contributed by atoms with Gasteiger partial charge >= 0.3 is 0 Å². The van der Waals surface area contributed by atoms with Crippen LogP contribution >= 0.6 is 0 Å². The fourth-order valence-electron chi connectivity index (χ4n) is 3.25. The quantitative estimate of drug-likeness (QED) is 0.461. The first-order valence-corrected chi connectivity index (χ1v) is 8.47. The molecule has 0 unspecified atom stereocenters. The lowest BCUT2D eigenvalue weighted by molar-refractivity contribution is 0.191. The summed E-state index contributed by atoms with van der Waals surface area (Å²) in [5.74, 6) is 1.92. The molecule has 0 spiro atoms. The molecule has 4 heteroatoms. The molecule has 0 radical (unpaired) electrons. The fourth-order valence-corrected chi connectivity index (χ4v) is 3.25. The zero-order valence-electron chi connectivity index (χ0n) is 13.3. The first-order valence-electron chi connectivity index (χ1n) is 8.47. The third-order valence-corrected chi connectivity index (χ3v) is 4.74. The molecule has 0 aromatic rings. The Balaban J connectivity index is 1.55. The minimum atomic E-state index is 0.643. The molecule has 20 heavy (non-hydrogen) atoms. The molecule has 0 aromatic heterocycles. The standard InChI is InChI=1S/C16H32N4/c1-14-8-12-20(13-9-14)11-5-10-18-16(17-2)19-15-6-3-4-7-15/h14-15H,3-13H2,1-2H3,(H2,17,18,19). The molecule has 0 bridgehead atoms. The van der Waals surface area contributed by atoms with E-state index < -0.39 is 0 Å². The van der Waals surface area contributed by atoms with E-state index in [0.29, 0.717) is 6.04 Å². The Morgan fingerprint density at radius 2 is 1.85 bits per heavy atom. The third kappa shape index (κ3) is 5.31. The minimum absolute atomic E-state index is 0.643. The molecule has 0 aromatic carbocycles. The largest absolute Gasteiger partial charge is 0.356 e. The Morgan fingerprint density at radius 1 is 1.15 bits per heavy atom. The van der Waals surface area contributed by atoms with E-state index in [9.17, 15) is 0 Å². The van der Waals surface area contributed by atoms with Gasteiger partial charge < -0.3 is 15.5 Å². The summed E-state index contributed by atoms with van der Waals surface area (Å²) in [6.45, 7) is 7.20. The van der Waals surface area contributed by atoms with Gasteiger partial charge in [0.1, 0.15) is 0 Å². The summed E-state index contributed by atoms with van der Waals surface area (Å²) in [7, 11) is 1.87. The van der Waals surface area contributed by atoms with Crippen LogP contribution in [0.1, 0.15) is 51.9 Å². The molecule has 1 saturated heterocycles. The molecule has 116 valence electrons. The molecule has 1 aliphatic heterocycles. The van der Waals surface area contributed by atoms with Crippen molar-refractivity contribution in [2.75, 3.05) is 33.2 Å². The van der Waals surface area contributed by atoms with Gasteiger partial charge in [-0.1, -0.05) is 19.8 Å². The summed E-state index contributed by atoms with van der Waals surface area (Å²) in [4.78, 5) is 6.93. The highest BCUT2D eigenvalue weighted by Gasteiger charge is 2.16. The zero-order chi connectivity index (χ0) is 14.2. The van der Waals surface area contributed by atoms with Crippen LogP contribution in [-0.4, -0.2) is 50.1 Å². The lowest BCUT2D eigenvalue weighted by Crippen LogP contribution is -2.43. The second-order valence-electron chi connectivity index (χ2n) is 6.50. The molecule has 1 heterocycles. The van der Waals surface area contributed by atoms with Crippen molar-refractivity contribution >= 4 is 5.96 Å². The average molecular weight is 280 g/mol. The summed E-state index contributed by atoms with van der Waals surface area (Å²) >= 11 is 0. The monoisotopic (exact) mass is 280 g/mol. The number of rotatable bonds is 5. The van der Waals surface area contributed by atoms with Crippen molar-refractivity contribution in [1.29, 1.82) is 0 Å². The predicted molar refractivity (Wildman–Crippen MR) is 86.2 cm³/mol. The van der Waals surface area contributed by atoms with Crippen LogP contribution in [0.3, 0.4) is 0 Å². The van der Waals surface area contributed by atoms with Gasteiger partial charge in [-0.3, -0.25) is 4.99 Å². The van der Waals surface area contributed by atoms with Crippen LogP contribution in [0.15, 0.2) is 4.99 Å². The summed E-state index contributed by atoms with van der Waals surface area (Å²) in [5, 5.41) is 6.99. The number of aliphatic imine (C=N–C) groups is 1. The Morgan fingerprint density at radius 3 is 2.50 bits per heavy atom. The number of nitrogens with one attached hydrogen (secondary N) is 2. The van der Waals surface area contributed by atoms with Crippen molar-refractivity contribution in [3.63, 3.8) is 0 Å². The van der Waals surface area contributed by atoms with E-state index in [-0.39, 0.29) is 0 Å². The first kappa shape index (κ1) is 15.6. The van der Waals surface area contributed by atoms with Crippen LogP contribution in [0.25, 0.3) is 0 Å². The molecule has 2 rings (SSSR count). The Hall–Kier alpha value is -0.770. The first-order chi connectivity index (χ1) is 9.78. The SMILES string of the molecule is CN=C(NCCCN1CCC(C)CC1)NC1CCCC1. The highest BCUT2D eigenvalue weighted by atomic mass is 15.2. The Bertz CT molecular complexity index is 289. The number of nitrogens with zero attached hydrogens (tertiary/aromatic N) is 2. The van der Waals surface area contributed by atoms with E-state index in [4.69, 9.17) is 0 Å². The van der Waals surface area contributed by atoms with Gasteiger partial charge in [0.25, 0.3) is 0 Å². The number of hydrogen-bond donors (Lipinski definition) is 2. The highest BCUT2D eigenvalue weighted by molar-refractivity contribution is 5.79. The Labute approximate surface area is 124 Å². The van der Waals surface area contributed by atoms with Gasteiger partial charge in [0, 0.05) is 19.6 Å². The van der Waals surface area contributed by atoms with Crippen LogP contribution in [-0.2, 0) is 0 Å². The number of likely N-dealkylation sites (tertiary alicyclic amines) is 1. The van der Waals surface area contributed by atoms with Crippen LogP contribution in [0, 0.1) is 5.92 Å². The van der Waals surface area contributed by atoms with Crippen LogP contribution in [0.5, 0.6) is 0 Å². The Kier molecular flexibility index (Phi) is 6.64. The lowest BCUT2D eigenvalue weighted by Gasteiger charge is -2.30. The number of piperidine rings is 1. The van der Waals surface area contributed by atoms with Gasteiger partial charge in [-0.2, -0.15) is 0 Å². The van der Waals surface area contributed by atoms with Crippen molar-refractivity contribution in [2.24, 2.45) is 10.9 Å². The predicted octanol–water partition coefficient (Wildman–Crippen LogP) is 2.22. The summed E-state index contributed by atoms with van der Waals surface area (Å²) < 4.78 is 0. The van der Waals surface area contributed by atoms with Gasteiger partial charge in [-0.25, -0.2) is 0 Å². The molecule has 2 fully saturated rings. The van der Waals surface area contributed by atoms with Crippen molar-refractivity contribution in [3.05, 3.63) is 0 Å². The van der Waals surface area contributed by atoms with Crippen molar-refractivity contribution < 1.29 is 0 Å². The normalized spacial score (nSPS) is 23.2. The van der Waals surface area contributed by atoms with E-state index in [2.05, 4.69) is 27.4 Å². The van der Waals surface area contributed by atoms with Crippen molar-refractivity contribution in [3.8, 4) is 0 Å². The van der Waals surface area contributed by atoms with Gasteiger partial charge in [-0.05, 0) is 57.7 Å². The van der Waals surface area contributed by atoms with Gasteiger partial charge in [0.05, 0.1) is 0 Å². The van der Waals surface area contributed by atoms with Gasteiger partial charge in [-0.15, -0.1) is 0 Å². The molecule has 1 saturated carbocycles. The average Bonchev–Trinajstić information content (AvgIpc) is 2.97. The maximum Gasteiger partial charge on any atom is 0.191 e. The fraction of sp³-hybridized carbons (Fsp3) is 0.938. The second kappa shape index (κ2) is 8.50. The molecule has 2 aliphatic rings. The van der Waals surface area contributed by atoms with Crippen LogP contribution < -0.4 is 10.6 Å². The number of guanidine groups is 1. The third-order valence-electron chi connectivity index (χ3n) is 4.74. The van der Waals surface area contributed by atoms with Crippen LogP contribution in [0.2, 0.25) is 0 Å². The zero-order valence-corrected chi connectivity index (χ0v) is 13.3. The molecular formula is C16H32N4. The molecular weight excluding hydrogens is 248 g/mol. The highest BCUT2D eigenvalue weighted by Crippen LogP contribution is 2.17. The smallest absolute Gasteiger partial charge is 0.191 e. The maximum atomic E-state index is 4.33. The topological polar surface area (TPSA) is 39.7 Å².